The normalized spacial score (nSPS) is 33.4. The molecule has 0 saturated heterocycles. The van der Waals surface area contributed by atoms with Gasteiger partial charge in [0.1, 0.15) is 0 Å². The lowest BCUT2D eigenvalue weighted by molar-refractivity contribution is 0.0789. The van der Waals surface area contributed by atoms with E-state index in [2.05, 4.69) is 33.0 Å². The summed E-state index contributed by atoms with van der Waals surface area (Å²) in [5.74, 6) is 2.62. The van der Waals surface area contributed by atoms with Crippen LogP contribution in [0.3, 0.4) is 0 Å². The van der Waals surface area contributed by atoms with Gasteiger partial charge in [-0.25, -0.2) is 0 Å². The number of hydrogen-bond acceptors (Lipinski definition) is 2. The first-order chi connectivity index (χ1) is 8.06. The summed E-state index contributed by atoms with van der Waals surface area (Å²) >= 11 is 0. The second kappa shape index (κ2) is 7.38. The van der Waals surface area contributed by atoms with Crippen molar-refractivity contribution in [2.45, 2.75) is 65.5 Å². The number of nitrogens with one attached hydrogen (secondary N) is 1. The quantitative estimate of drug-likeness (QED) is 0.769. The molecule has 4 atom stereocenters. The Balaban J connectivity index is 2.55. The van der Waals surface area contributed by atoms with Crippen LogP contribution < -0.4 is 5.32 Å². The molecule has 0 radical (unpaired) electrons. The lowest BCUT2D eigenvalue weighted by Gasteiger charge is -2.37. The fraction of sp³-hybridized carbons (Fsp3) is 1.00. The third-order valence-electron chi connectivity index (χ3n) is 4.24. The molecule has 2 nitrogen and oxygen atoms in total. The fourth-order valence-corrected chi connectivity index (χ4v) is 3.50. The Labute approximate surface area is 108 Å². The van der Waals surface area contributed by atoms with Crippen LogP contribution in [0.5, 0.6) is 0 Å². The molecule has 1 rings (SSSR count). The van der Waals surface area contributed by atoms with Crippen molar-refractivity contribution in [1.29, 1.82) is 0 Å². The van der Waals surface area contributed by atoms with E-state index in [4.69, 9.17) is 4.74 Å². The summed E-state index contributed by atoms with van der Waals surface area (Å²) < 4.78 is 5.43. The maximum absolute atomic E-state index is 5.43. The topological polar surface area (TPSA) is 21.3 Å². The Kier molecular flexibility index (Phi) is 6.50. The van der Waals surface area contributed by atoms with Crippen LogP contribution in [0.15, 0.2) is 0 Å². The van der Waals surface area contributed by atoms with E-state index < -0.39 is 0 Å². The highest BCUT2D eigenvalue weighted by molar-refractivity contribution is 4.84. The molecule has 0 aromatic carbocycles. The molecule has 1 aliphatic carbocycles. The molecule has 0 amide bonds. The summed E-state index contributed by atoms with van der Waals surface area (Å²) in [6, 6.07) is 0.639. The van der Waals surface area contributed by atoms with E-state index in [1.807, 2.05) is 7.11 Å². The smallest absolute Gasteiger partial charge is 0.0558 e. The summed E-state index contributed by atoms with van der Waals surface area (Å²) in [4.78, 5) is 0. The zero-order valence-corrected chi connectivity index (χ0v) is 12.3. The molecule has 4 unspecified atom stereocenters. The first-order valence-corrected chi connectivity index (χ1v) is 7.32. The standard InChI is InChI=1S/C15H31NO/c1-6-16-15(10-13(4)17-5)14-8-11(2)7-12(3)9-14/h11-16H,6-10H2,1-5H3. The van der Waals surface area contributed by atoms with E-state index in [-0.39, 0.29) is 0 Å². The van der Waals surface area contributed by atoms with Crippen LogP contribution in [0.1, 0.15) is 53.4 Å². The molecule has 0 heterocycles. The third kappa shape index (κ3) is 4.97. The van der Waals surface area contributed by atoms with Crippen LogP contribution in [-0.4, -0.2) is 25.8 Å². The van der Waals surface area contributed by atoms with Gasteiger partial charge in [0.15, 0.2) is 0 Å². The van der Waals surface area contributed by atoms with E-state index in [9.17, 15) is 0 Å². The Morgan fingerprint density at radius 3 is 2.24 bits per heavy atom. The predicted octanol–water partition coefficient (Wildman–Crippen LogP) is 3.46. The highest BCUT2D eigenvalue weighted by atomic mass is 16.5. The van der Waals surface area contributed by atoms with Crippen molar-refractivity contribution < 1.29 is 4.74 Å². The Morgan fingerprint density at radius 2 is 1.76 bits per heavy atom. The highest BCUT2D eigenvalue weighted by Gasteiger charge is 2.30. The predicted molar refractivity (Wildman–Crippen MR) is 74.2 cm³/mol. The largest absolute Gasteiger partial charge is 0.382 e. The van der Waals surface area contributed by atoms with Crippen molar-refractivity contribution in [3.8, 4) is 0 Å². The second-order valence-electron chi connectivity index (χ2n) is 6.12. The van der Waals surface area contributed by atoms with Crippen molar-refractivity contribution in [3.05, 3.63) is 0 Å². The summed E-state index contributed by atoms with van der Waals surface area (Å²) in [5.41, 5.74) is 0. The first kappa shape index (κ1) is 15.0. The van der Waals surface area contributed by atoms with Crippen molar-refractivity contribution in [2.24, 2.45) is 17.8 Å². The molecule has 102 valence electrons. The third-order valence-corrected chi connectivity index (χ3v) is 4.24. The molecule has 17 heavy (non-hydrogen) atoms. The van der Waals surface area contributed by atoms with Gasteiger partial charge in [0, 0.05) is 13.2 Å². The van der Waals surface area contributed by atoms with E-state index >= 15 is 0 Å². The molecule has 1 N–H and O–H groups in total. The molecule has 0 aromatic rings. The molecule has 0 aromatic heterocycles. The minimum absolute atomic E-state index is 0.367. The molecule has 1 aliphatic rings. The maximum Gasteiger partial charge on any atom is 0.0558 e. The molecular formula is C15H31NO. The van der Waals surface area contributed by atoms with E-state index in [1.54, 1.807) is 0 Å². The Hall–Kier alpha value is -0.0800. The van der Waals surface area contributed by atoms with Crippen molar-refractivity contribution in [2.75, 3.05) is 13.7 Å². The number of methoxy groups -OCH3 is 1. The van der Waals surface area contributed by atoms with Crippen LogP contribution in [0, 0.1) is 17.8 Å². The summed E-state index contributed by atoms with van der Waals surface area (Å²) in [6.45, 7) is 10.3. The van der Waals surface area contributed by atoms with Crippen molar-refractivity contribution >= 4 is 0 Å². The minimum atomic E-state index is 0.367. The van der Waals surface area contributed by atoms with E-state index in [0.29, 0.717) is 12.1 Å². The zero-order chi connectivity index (χ0) is 12.8. The van der Waals surface area contributed by atoms with Gasteiger partial charge in [-0.05, 0) is 56.9 Å². The summed E-state index contributed by atoms with van der Waals surface area (Å²) in [7, 11) is 1.82. The van der Waals surface area contributed by atoms with Gasteiger partial charge in [-0.2, -0.15) is 0 Å². The average Bonchev–Trinajstić information content (AvgIpc) is 2.27. The number of rotatable bonds is 6. The van der Waals surface area contributed by atoms with Crippen LogP contribution >= 0.6 is 0 Å². The van der Waals surface area contributed by atoms with E-state index in [0.717, 1.165) is 30.7 Å². The summed E-state index contributed by atoms with van der Waals surface area (Å²) in [6.07, 6.45) is 5.70. The van der Waals surface area contributed by atoms with Gasteiger partial charge in [0.05, 0.1) is 6.10 Å². The van der Waals surface area contributed by atoms with Gasteiger partial charge in [-0.3, -0.25) is 0 Å². The lowest BCUT2D eigenvalue weighted by Crippen LogP contribution is -2.41. The Morgan fingerprint density at radius 1 is 1.18 bits per heavy atom. The number of hydrogen-bond donors (Lipinski definition) is 1. The van der Waals surface area contributed by atoms with Gasteiger partial charge in [-0.1, -0.05) is 20.8 Å². The molecule has 0 spiro atoms. The first-order valence-electron chi connectivity index (χ1n) is 7.32. The Bertz CT molecular complexity index is 197. The van der Waals surface area contributed by atoms with Gasteiger partial charge in [0.25, 0.3) is 0 Å². The molecule has 2 heteroatoms. The van der Waals surface area contributed by atoms with Crippen LogP contribution in [0.2, 0.25) is 0 Å². The lowest BCUT2D eigenvalue weighted by atomic mass is 9.73. The zero-order valence-electron chi connectivity index (χ0n) is 12.3. The average molecular weight is 241 g/mol. The van der Waals surface area contributed by atoms with Crippen LogP contribution in [0.25, 0.3) is 0 Å². The van der Waals surface area contributed by atoms with Crippen molar-refractivity contribution in [1.82, 2.24) is 5.32 Å². The molecule has 1 fully saturated rings. The van der Waals surface area contributed by atoms with Crippen LogP contribution in [0.4, 0.5) is 0 Å². The minimum Gasteiger partial charge on any atom is -0.382 e. The molecule has 0 bridgehead atoms. The van der Waals surface area contributed by atoms with Gasteiger partial charge in [-0.15, -0.1) is 0 Å². The highest BCUT2D eigenvalue weighted by Crippen LogP contribution is 2.35. The number of ether oxygens (including phenoxy) is 1. The maximum atomic E-state index is 5.43. The monoisotopic (exact) mass is 241 g/mol. The second-order valence-corrected chi connectivity index (χ2v) is 6.12. The molecule has 0 aliphatic heterocycles. The van der Waals surface area contributed by atoms with E-state index in [1.165, 1.54) is 19.3 Å². The summed E-state index contributed by atoms with van der Waals surface area (Å²) in [5, 5.41) is 3.68. The SMILES string of the molecule is CCNC(CC(C)OC)C1CC(C)CC(C)C1. The van der Waals surface area contributed by atoms with Gasteiger partial charge in [0.2, 0.25) is 0 Å². The van der Waals surface area contributed by atoms with Crippen LogP contribution in [-0.2, 0) is 4.74 Å². The van der Waals surface area contributed by atoms with Gasteiger partial charge >= 0.3 is 0 Å². The molecular weight excluding hydrogens is 210 g/mol. The van der Waals surface area contributed by atoms with Crippen molar-refractivity contribution in [3.63, 3.8) is 0 Å². The fourth-order valence-electron chi connectivity index (χ4n) is 3.50. The molecule has 1 saturated carbocycles. The van der Waals surface area contributed by atoms with Gasteiger partial charge < -0.3 is 10.1 Å².